The summed E-state index contributed by atoms with van der Waals surface area (Å²) in [7, 11) is 2.20. The van der Waals surface area contributed by atoms with Gasteiger partial charge in [0.15, 0.2) is 5.96 Å². The molecule has 114 valence electrons. The molecule has 0 aromatic carbocycles. The standard InChI is InChI=1S/C14H30N4.HI/c1-6-15-14(17-12(4)11(2)3)16-10-13-8-7-9-18(13)5;/h11-13H,6-10H2,1-5H3,(H2,15,16,17);1H. The number of halogens is 1. The van der Waals surface area contributed by atoms with Gasteiger partial charge in [0.05, 0.1) is 6.54 Å². The van der Waals surface area contributed by atoms with Crippen LogP contribution in [0.1, 0.15) is 40.5 Å². The molecule has 0 bridgehead atoms. The highest BCUT2D eigenvalue weighted by Crippen LogP contribution is 2.14. The molecule has 1 aliphatic heterocycles. The number of guanidine groups is 1. The van der Waals surface area contributed by atoms with Crippen LogP contribution in [-0.2, 0) is 0 Å². The topological polar surface area (TPSA) is 39.7 Å². The molecule has 1 heterocycles. The number of hydrogen-bond acceptors (Lipinski definition) is 2. The number of rotatable bonds is 5. The lowest BCUT2D eigenvalue weighted by Gasteiger charge is -2.22. The largest absolute Gasteiger partial charge is 0.357 e. The lowest BCUT2D eigenvalue weighted by molar-refractivity contribution is 0.317. The SMILES string of the molecule is CCNC(=NCC1CCCN1C)NC(C)C(C)C.I. The third-order valence-electron chi connectivity index (χ3n) is 3.84. The minimum atomic E-state index is 0. The van der Waals surface area contributed by atoms with Gasteiger partial charge in [-0.15, -0.1) is 24.0 Å². The van der Waals surface area contributed by atoms with E-state index in [0.717, 1.165) is 19.0 Å². The number of likely N-dealkylation sites (N-methyl/N-ethyl adjacent to an activating group) is 1. The predicted octanol–water partition coefficient (Wildman–Crippen LogP) is 2.30. The van der Waals surface area contributed by atoms with Crippen LogP contribution in [0, 0.1) is 5.92 Å². The van der Waals surface area contributed by atoms with Gasteiger partial charge in [-0.05, 0) is 46.2 Å². The van der Waals surface area contributed by atoms with Gasteiger partial charge in [-0.25, -0.2) is 0 Å². The third kappa shape index (κ3) is 6.79. The summed E-state index contributed by atoms with van der Waals surface area (Å²) >= 11 is 0. The number of likely N-dealkylation sites (tertiary alicyclic amines) is 1. The highest BCUT2D eigenvalue weighted by molar-refractivity contribution is 14.0. The Balaban J connectivity index is 0.00000324. The average molecular weight is 382 g/mol. The van der Waals surface area contributed by atoms with Crippen molar-refractivity contribution in [1.82, 2.24) is 15.5 Å². The zero-order valence-corrected chi connectivity index (χ0v) is 15.4. The summed E-state index contributed by atoms with van der Waals surface area (Å²) in [6.07, 6.45) is 2.59. The molecule has 0 saturated carbocycles. The molecule has 0 amide bonds. The van der Waals surface area contributed by atoms with Crippen molar-refractivity contribution in [2.24, 2.45) is 10.9 Å². The van der Waals surface area contributed by atoms with Gasteiger partial charge in [0, 0.05) is 18.6 Å². The Kier molecular flexibility index (Phi) is 9.78. The van der Waals surface area contributed by atoms with Gasteiger partial charge in [0.25, 0.3) is 0 Å². The van der Waals surface area contributed by atoms with Crippen LogP contribution >= 0.6 is 24.0 Å². The molecule has 0 aliphatic carbocycles. The van der Waals surface area contributed by atoms with Crippen LogP contribution in [0.25, 0.3) is 0 Å². The van der Waals surface area contributed by atoms with E-state index in [1.165, 1.54) is 19.4 Å². The van der Waals surface area contributed by atoms with Gasteiger partial charge in [0.2, 0.25) is 0 Å². The van der Waals surface area contributed by atoms with E-state index in [2.05, 4.69) is 50.3 Å². The van der Waals surface area contributed by atoms with Gasteiger partial charge >= 0.3 is 0 Å². The first kappa shape index (κ1) is 19.0. The molecule has 0 radical (unpaired) electrons. The molecule has 2 atom stereocenters. The summed E-state index contributed by atoms with van der Waals surface area (Å²) in [6.45, 7) is 11.8. The van der Waals surface area contributed by atoms with Crippen molar-refractivity contribution in [3.05, 3.63) is 0 Å². The Morgan fingerprint density at radius 2 is 2.05 bits per heavy atom. The molecule has 1 rings (SSSR count). The summed E-state index contributed by atoms with van der Waals surface area (Å²) < 4.78 is 0. The number of nitrogens with zero attached hydrogens (tertiary/aromatic N) is 2. The Hall–Kier alpha value is -0.0400. The van der Waals surface area contributed by atoms with Crippen molar-refractivity contribution < 1.29 is 0 Å². The fraction of sp³-hybridized carbons (Fsp3) is 0.929. The highest BCUT2D eigenvalue weighted by atomic mass is 127. The Morgan fingerprint density at radius 1 is 1.37 bits per heavy atom. The molecule has 2 N–H and O–H groups in total. The van der Waals surface area contributed by atoms with Gasteiger partial charge < -0.3 is 15.5 Å². The number of nitrogens with one attached hydrogen (secondary N) is 2. The smallest absolute Gasteiger partial charge is 0.191 e. The maximum Gasteiger partial charge on any atom is 0.191 e. The fourth-order valence-corrected chi connectivity index (χ4v) is 2.11. The van der Waals surface area contributed by atoms with E-state index in [1.54, 1.807) is 0 Å². The second-order valence-electron chi connectivity index (χ2n) is 5.67. The second kappa shape index (κ2) is 9.80. The van der Waals surface area contributed by atoms with Gasteiger partial charge in [-0.2, -0.15) is 0 Å². The number of aliphatic imine (C=N–C) groups is 1. The molecule has 0 aromatic rings. The van der Waals surface area contributed by atoms with Crippen LogP contribution in [0.2, 0.25) is 0 Å². The lowest BCUT2D eigenvalue weighted by Crippen LogP contribution is -2.44. The van der Waals surface area contributed by atoms with E-state index in [-0.39, 0.29) is 24.0 Å². The Morgan fingerprint density at radius 3 is 2.53 bits per heavy atom. The first-order valence-corrected chi connectivity index (χ1v) is 7.29. The first-order chi connectivity index (χ1) is 8.54. The van der Waals surface area contributed by atoms with E-state index in [9.17, 15) is 0 Å². The molecular formula is C14H31IN4. The van der Waals surface area contributed by atoms with Gasteiger partial charge in [0.1, 0.15) is 0 Å². The van der Waals surface area contributed by atoms with Crippen molar-refractivity contribution in [1.29, 1.82) is 0 Å². The maximum atomic E-state index is 4.72. The van der Waals surface area contributed by atoms with E-state index in [1.807, 2.05) is 0 Å². The molecule has 0 aromatic heterocycles. The second-order valence-corrected chi connectivity index (χ2v) is 5.67. The molecule has 1 saturated heterocycles. The van der Waals surface area contributed by atoms with Gasteiger partial charge in [-0.3, -0.25) is 4.99 Å². The normalized spacial score (nSPS) is 22.2. The summed E-state index contributed by atoms with van der Waals surface area (Å²) in [4.78, 5) is 7.14. The molecular weight excluding hydrogens is 351 g/mol. The van der Waals surface area contributed by atoms with E-state index in [4.69, 9.17) is 4.99 Å². The quantitative estimate of drug-likeness (QED) is 0.436. The summed E-state index contributed by atoms with van der Waals surface area (Å²) in [6, 6.07) is 1.07. The van der Waals surface area contributed by atoms with Crippen molar-refractivity contribution >= 4 is 29.9 Å². The van der Waals surface area contributed by atoms with E-state index >= 15 is 0 Å². The van der Waals surface area contributed by atoms with Crippen LogP contribution in [-0.4, -0.2) is 49.6 Å². The molecule has 19 heavy (non-hydrogen) atoms. The molecule has 2 unspecified atom stereocenters. The molecule has 1 fully saturated rings. The molecule has 4 nitrogen and oxygen atoms in total. The van der Waals surface area contributed by atoms with Crippen LogP contribution < -0.4 is 10.6 Å². The zero-order valence-electron chi connectivity index (χ0n) is 13.1. The number of hydrogen-bond donors (Lipinski definition) is 2. The lowest BCUT2D eigenvalue weighted by atomic mass is 10.1. The van der Waals surface area contributed by atoms with Crippen LogP contribution in [0.3, 0.4) is 0 Å². The highest BCUT2D eigenvalue weighted by Gasteiger charge is 2.20. The van der Waals surface area contributed by atoms with Crippen molar-refractivity contribution in [2.75, 3.05) is 26.7 Å². The Labute approximate surface area is 135 Å². The van der Waals surface area contributed by atoms with Crippen LogP contribution in [0.15, 0.2) is 4.99 Å². The average Bonchev–Trinajstić information content (AvgIpc) is 2.72. The maximum absolute atomic E-state index is 4.72. The monoisotopic (exact) mass is 382 g/mol. The summed E-state index contributed by atoms with van der Waals surface area (Å²) in [5.74, 6) is 1.57. The van der Waals surface area contributed by atoms with Crippen molar-refractivity contribution in [3.8, 4) is 0 Å². The predicted molar refractivity (Wildman–Crippen MR) is 94.5 cm³/mol. The summed E-state index contributed by atoms with van der Waals surface area (Å²) in [5, 5.41) is 6.80. The fourth-order valence-electron chi connectivity index (χ4n) is 2.11. The summed E-state index contributed by atoms with van der Waals surface area (Å²) in [5.41, 5.74) is 0. The van der Waals surface area contributed by atoms with Gasteiger partial charge in [-0.1, -0.05) is 13.8 Å². The van der Waals surface area contributed by atoms with Crippen LogP contribution in [0.5, 0.6) is 0 Å². The van der Waals surface area contributed by atoms with E-state index < -0.39 is 0 Å². The first-order valence-electron chi connectivity index (χ1n) is 7.29. The molecule has 1 aliphatic rings. The molecule has 0 spiro atoms. The zero-order chi connectivity index (χ0) is 13.5. The third-order valence-corrected chi connectivity index (χ3v) is 3.84. The minimum absolute atomic E-state index is 0. The van der Waals surface area contributed by atoms with E-state index in [0.29, 0.717) is 18.0 Å². The minimum Gasteiger partial charge on any atom is -0.357 e. The molecule has 5 heteroatoms. The van der Waals surface area contributed by atoms with Crippen molar-refractivity contribution in [2.45, 2.75) is 52.6 Å². The Bertz CT molecular complexity index is 268. The van der Waals surface area contributed by atoms with Crippen molar-refractivity contribution in [3.63, 3.8) is 0 Å². The van der Waals surface area contributed by atoms with Crippen LogP contribution in [0.4, 0.5) is 0 Å².